The summed E-state index contributed by atoms with van der Waals surface area (Å²) in [7, 11) is 0. The van der Waals surface area contributed by atoms with Crippen LogP contribution < -0.4 is 11.1 Å². The van der Waals surface area contributed by atoms with Crippen LogP contribution in [0.25, 0.3) is 0 Å². The number of hydrogen-bond donors (Lipinski definition) is 2. The second-order valence-corrected chi connectivity index (χ2v) is 4.13. The van der Waals surface area contributed by atoms with Crippen LogP contribution >= 0.6 is 0 Å². The van der Waals surface area contributed by atoms with Gasteiger partial charge in [0.25, 0.3) is 0 Å². The number of benzene rings is 2. The molecule has 0 saturated carbocycles. The molecule has 0 spiro atoms. The highest BCUT2D eigenvalue weighted by Crippen LogP contribution is 2.40. The van der Waals surface area contributed by atoms with Gasteiger partial charge in [-0.2, -0.15) is 0 Å². The standard InChI is InChI=1S/C14H12N2O/c15-14(17)13-9-5-1-3-7-11(9)16-12-8-4-2-6-10(12)13/h1-8,13,16H,(H2,15,17). The molecule has 0 aliphatic carbocycles. The topological polar surface area (TPSA) is 55.1 Å². The normalized spacial score (nSPS) is 13.4. The zero-order chi connectivity index (χ0) is 11.8. The third-order valence-corrected chi connectivity index (χ3v) is 3.10. The number of para-hydroxylation sites is 2. The molecule has 0 aromatic heterocycles. The van der Waals surface area contributed by atoms with E-state index in [9.17, 15) is 4.79 Å². The lowest BCUT2D eigenvalue weighted by Crippen LogP contribution is -2.26. The Bertz CT molecular complexity index is 547. The summed E-state index contributed by atoms with van der Waals surface area (Å²) in [6.07, 6.45) is 0. The summed E-state index contributed by atoms with van der Waals surface area (Å²) in [5.41, 5.74) is 9.32. The predicted octanol–water partition coefficient (Wildman–Crippen LogP) is 2.36. The Morgan fingerprint density at radius 1 is 0.941 bits per heavy atom. The zero-order valence-electron chi connectivity index (χ0n) is 9.18. The van der Waals surface area contributed by atoms with Crippen molar-refractivity contribution >= 4 is 17.3 Å². The first-order valence-electron chi connectivity index (χ1n) is 5.51. The monoisotopic (exact) mass is 224 g/mol. The lowest BCUT2D eigenvalue weighted by Gasteiger charge is -2.27. The van der Waals surface area contributed by atoms with Gasteiger partial charge in [0.05, 0.1) is 5.92 Å². The zero-order valence-corrected chi connectivity index (χ0v) is 9.18. The number of nitrogens with two attached hydrogens (primary N) is 1. The molecule has 0 radical (unpaired) electrons. The minimum absolute atomic E-state index is 0.314. The number of hydrogen-bond acceptors (Lipinski definition) is 2. The summed E-state index contributed by atoms with van der Waals surface area (Å²) in [6, 6.07) is 15.5. The van der Waals surface area contributed by atoms with Crippen molar-refractivity contribution in [3.63, 3.8) is 0 Å². The van der Waals surface area contributed by atoms with E-state index in [1.54, 1.807) is 0 Å². The molecular weight excluding hydrogens is 212 g/mol. The van der Waals surface area contributed by atoms with E-state index in [4.69, 9.17) is 5.73 Å². The van der Waals surface area contributed by atoms with E-state index in [0.29, 0.717) is 0 Å². The number of carbonyl (C=O) groups excluding carboxylic acids is 1. The fourth-order valence-electron chi connectivity index (χ4n) is 2.34. The molecule has 0 atom stereocenters. The van der Waals surface area contributed by atoms with Crippen LogP contribution in [0, 0.1) is 0 Å². The first-order chi connectivity index (χ1) is 8.27. The summed E-state index contributed by atoms with van der Waals surface area (Å²) in [5.74, 6) is -0.671. The number of amides is 1. The number of nitrogens with one attached hydrogen (secondary N) is 1. The second kappa shape index (κ2) is 3.63. The summed E-state index contributed by atoms with van der Waals surface area (Å²) >= 11 is 0. The van der Waals surface area contributed by atoms with Gasteiger partial charge in [0.1, 0.15) is 0 Å². The van der Waals surface area contributed by atoms with Crippen LogP contribution in [-0.4, -0.2) is 5.91 Å². The Morgan fingerprint density at radius 3 is 1.88 bits per heavy atom. The summed E-state index contributed by atoms with van der Waals surface area (Å²) in [5, 5.41) is 3.32. The smallest absolute Gasteiger partial charge is 0.229 e. The molecule has 1 aliphatic heterocycles. The van der Waals surface area contributed by atoms with Crippen molar-refractivity contribution in [3.05, 3.63) is 59.7 Å². The molecule has 1 aliphatic rings. The molecule has 0 unspecified atom stereocenters. The molecule has 2 aromatic carbocycles. The van der Waals surface area contributed by atoms with E-state index in [0.717, 1.165) is 22.5 Å². The molecule has 0 fully saturated rings. The van der Waals surface area contributed by atoms with Crippen LogP contribution in [0.1, 0.15) is 17.0 Å². The molecule has 84 valence electrons. The van der Waals surface area contributed by atoms with E-state index in [-0.39, 0.29) is 11.8 Å². The van der Waals surface area contributed by atoms with Crippen molar-refractivity contribution in [2.45, 2.75) is 5.92 Å². The van der Waals surface area contributed by atoms with Crippen molar-refractivity contribution in [2.75, 3.05) is 5.32 Å². The maximum absolute atomic E-state index is 11.7. The highest BCUT2D eigenvalue weighted by Gasteiger charge is 2.28. The summed E-state index contributed by atoms with van der Waals surface area (Å²) in [4.78, 5) is 11.7. The van der Waals surface area contributed by atoms with Gasteiger partial charge in [-0.25, -0.2) is 0 Å². The van der Waals surface area contributed by atoms with Crippen LogP contribution in [0.5, 0.6) is 0 Å². The third kappa shape index (κ3) is 1.47. The van der Waals surface area contributed by atoms with Gasteiger partial charge in [-0.15, -0.1) is 0 Å². The number of carbonyl (C=O) groups is 1. The second-order valence-electron chi connectivity index (χ2n) is 4.13. The molecule has 3 heteroatoms. The molecular formula is C14H12N2O. The fourth-order valence-corrected chi connectivity index (χ4v) is 2.34. The first-order valence-corrected chi connectivity index (χ1v) is 5.51. The van der Waals surface area contributed by atoms with Gasteiger partial charge in [-0.05, 0) is 23.3 Å². The van der Waals surface area contributed by atoms with Crippen molar-refractivity contribution in [2.24, 2.45) is 5.73 Å². The first kappa shape index (κ1) is 9.90. The Morgan fingerprint density at radius 2 is 1.41 bits per heavy atom. The van der Waals surface area contributed by atoms with Crippen LogP contribution in [0.3, 0.4) is 0 Å². The fraction of sp³-hybridized carbons (Fsp3) is 0.0714. The Hall–Kier alpha value is -2.29. The highest BCUT2D eigenvalue weighted by molar-refractivity contribution is 5.92. The van der Waals surface area contributed by atoms with Gasteiger partial charge in [-0.1, -0.05) is 36.4 Å². The number of fused-ring (bicyclic) bond motifs is 2. The van der Waals surface area contributed by atoms with Crippen molar-refractivity contribution in [3.8, 4) is 0 Å². The largest absolute Gasteiger partial charge is 0.369 e. The van der Waals surface area contributed by atoms with Gasteiger partial charge in [0.2, 0.25) is 5.91 Å². The predicted molar refractivity (Wildman–Crippen MR) is 67.2 cm³/mol. The summed E-state index contributed by atoms with van der Waals surface area (Å²) < 4.78 is 0. The summed E-state index contributed by atoms with van der Waals surface area (Å²) in [6.45, 7) is 0. The number of primary amides is 1. The van der Waals surface area contributed by atoms with Gasteiger partial charge in [0.15, 0.2) is 0 Å². The van der Waals surface area contributed by atoms with Gasteiger partial charge in [-0.3, -0.25) is 4.79 Å². The van der Waals surface area contributed by atoms with E-state index >= 15 is 0 Å². The lowest BCUT2D eigenvalue weighted by atomic mass is 9.85. The molecule has 2 aromatic rings. The van der Waals surface area contributed by atoms with Crippen molar-refractivity contribution in [1.82, 2.24) is 0 Å². The number of anilines is 2. The number of rotatable bonds is 1. The molecule has 3 nitrogen and oxygen atoms in total. The minimum atomic E-state index is -0.358. The average Bonchev–Trinajstić information content (AvgIpc) is 2.35. The van der Waals surface area contributed by atoms with Gasteiger partial charge < -0.3 is 11.1 Å². The van der Waals surface area contributed by atoms with E-state index in [1.165, 1.54) is 0 Å². The molecule has 0 bridgehead atoms. The Kier molecular flexibility index (Phi) is 2.11. The average molecular weight is 224 g/mol. The van der Waals surface area contributed by atoms with E-state index in [1.807, 2.05) is 48.5 Å². The van der Waals surface area contributed by atoms with Crippen LogP contribution in [0.4, 0.5) is 11.4 Å². The molecule has 1 amide bonds. The quantitative estimate of drug-likeness (QED) is 0.781. The van der Waals surface area contributed by atoms with E-state index in [2.05, 4.69) is 5.32 Å². The molecule has 0 saturated heterocycles. The maximum atomic E-state index is 11.7. The minimum Gasteiger partial charge on any atom is -0.369 e. The van der Waals surface area contributed by atoms with E-state index < -0.39 is 0 Å². The van der Waals surface area contributed by atoms with Crippen molar-refractivity contribution < 1.29 is 4.79 Å². The van der Waals surface area contributed by atoms with Crippen LogP contribution in [-0.2, 0) is 4.79 Å². The molecule has 3 N–H and O–H groups in total. The Balaban J connectivity index is 2.24. The van der Waals surface area contributed by atoms with Crippen LogP contribution in [0.15, 0.2) is 48.5 Å². The highest BCUT2D eigenvalue weighted by atomic mass is 16.1. The third-order valence-electron chi connectivity index (χ3n) is 3.10. The lowest BCUT2D eigenvalue weighted by molar-refractivity contribution is -0.118. The Labute approximate surface area is 99.3 Å². The molecule has 1 heterocycles. The van der Waals surface area contributed by atoms with Gasteiger partial charge >= 0.3 is 0 Å². The SMILES string of the molecule is NC(=O)C1c2ccccc2Nc2ccccc21. The van der Waals surface area contributed by atoms with Crippen LogP contribution in [0.2, 0.25) is 0 Å². The molecule has 17 heavy (non-hydrogen) atoms. The van der Waals surface area contributed by atoms with Gasteiger partial charge in [0, 0.05) is 11.4 Å². The van der Waals surface area contributed by atoms with Crippen molar-refractivity contribution in [1.29, 1.82) is 0 Å². The molecule has 3 rings (SSSR count). The maximum Gasteiger partial charge on any atom is 0.229 e.